The molecule has 0 bridgehead atoms. The van der Waals surface area contributed by atoms with Crippen LogP contribution in [0.2, 0.25) is 0 Å². The highest BCUT2D eigenvalue weighted by atomic mass is 32.2. The Balaban J connectivity index is 2.57. The molecule has 1 saturated heterocycles. The summed E-state index contributed by atoms with van der Waals surface area (Å²) in [7, 11) is -3.64. The van der Waals surface area contributed by atoms with E-state index in [2.05, 4.69) is 0 Å². The van der Waals surface area contributed by atoms with E-state index in [0.29, 0.717) is 13.2 Å². The lowest BCUT2D eigenvalue weighted by molar-refractivity contribution is -0.0748. The van der Waals surface area contributed by atoms with Crippen LogP contribution in [0.5, 0.6) is 0 Å². The van der Waals surface area contributed by atoms with Crippen molar-refractivity contribution < 1.29 is 13.3 Å². The summed E-state index contributed by atoms with van der Waals surface area (Å²) < 4.78 is 22.3. The molecule has 1 heterocycles. The van der Waals surface area contributed by atoms with Crippen LogP contribution in [0.25, 0.3) is 0 Å². The number of hydrogen-bond donors (Lipinski definition) is 1. The molecule has 0 saturated carbocycles. The van der Waals surface area contributed by atoms with Crippen molar-refractivity contribution in [2.75, 3.05) is 13.2 Å². The highest BCUT2D eigenvalue weighted by molar-refractivity contribution is 7.86. The fourth-order valence-corrected chi connectivity index (χ4v) is 1.56. The average Bonchev–Trinajstić information content (AvgIpc) is 2.10. The summed E-state index contributed by atoms with van der Waals surface area (Å²) in [6.07, 6.45) is 2.70. The van der Waals surface area contributed by atoms with Crippen molar-refractivity contribution in [2.24, 2.45) is 5.14 Å². The summed E-state index contributed by atoms with van der Waals surface area (Å²) in [6.45, 7) is 0.815. The van der Waals surface area contributed by atoms with Gasteiger partial charge in [-0.05, 0) is 19.3 Å². The second-order valence-corrected chi connectivity index (χ2v) is 3.90. The van der Waals surface area contributed by atoms with Crippen molar-refractivity contribution >= 4 is 10.2 Å². The molecule has 11 heavy (non-hydrogen) atoms. The van der Waals surface area contributed by atoms with E-state index in [0.717, 1.165) is 23.7 Å². The number of hydroxylamine groups is 1. The predicted molar refractivity (Wildman–Crippen MR) is 39.6 cm³/mol. The zero-order chi connectivity index (χ0) is 8.32. The Morgan fingerprint density at radius 2 is 2.00 bits per heavy atom. The smallest absolute Gasteiger partial charge is 0.283 e. The molecule has 2 N–H and O–H groups in total. The van der Waals surface area contributed by atoms with E-state index in [1.807, 2.05) is 0 Å². The number of nitrogens with two attached hydrogens (primary N) is 1. The van der Waals surface area contributed by atoms with Crippen LogP contribution in [-0.4, -0.2) is 26.0 Å². The van der Waals surface area contributed by atoms with Crippen molar-refractivity contribution in [3.63, 3.8) is 0 Å². The van der Waals surface area contributed by atoms with E-state index in [1.165, 1.54) is 0 Å². The zero-order valence-corrected chi connectivity index (χ0v) is 7.01. The summed E-state index contributed by atoms with van der Waals surface area (Å²) in [5, 5.41) is 4.85. The molecule has 0 spiro atoms. The fraction of sp³-hybridized carbons (Fsp3) is 1.00. The van der Waals surface area contributed by atoms with E-state index >= 15 is 0 Å². The molecule has 0 aromatic carbocycles. The van der Waals surface area contributed by atoms with Crippen molar-refractivity contribution in [2.45, 2.75) is 19.3 Å². The maximum absolute atomic E-state index is 10.7. The Bertz CT molecular complexity index is 206. The first-order chi connectivity index (χ1) is 5.11. The average molecular weight is 180 g/mol. The minimum Gasteiger partial charge on any atom is -0.283 e. The molecule has 6 heteroatoms. The molecule has 1 fully saturated rings. The van der Waals surface area contributed by atoms with Crippen LogP contribution >= 0.6 is 0 Å². The lowest BCUT2D eigenvalue weighted by Gasteiger charge is -2.14. The van der Waals surface area contributed by atoms with Crippen molar-refractivity contribution in [1.29, 1.82) is 0 Å². The lowest BCUT2D eigenvalue weighted by Crippen LogP contribution is -2.36. The first-order valence-corrected chi connectivity index (χ1v) is 5.04. The fourth-order valence-electron chi connectivity index (χ4n) is 0.951. The Morgan fingerprint density at radius 3 is 2.64 bits per heavy atom. The van der Waals surface area contributed by atoms with Gasteiger partial charge in [0.1, 0.15) is 0 Å². The first kappa shape index (κ1) is 8.92. The molecular formula is C5H12N2O3S. The highest BCUT2D eigenvalue weighted by Gasteiger charge is 2.19. The topological polar surface area (TPSA) is 72.6 Å². The molecule has 0 unspecified atom stereocenters. The van der Waals surface area contributed by atoms with Crippen LogP contribution < -0.4 is 5.14 Å². The van der Waals surface area contributed by atoms with Gasteiger partial charge in [-0.1, -0.05) is 4.47 Å². The van der Waals surface area contributed by atoms with Gasteiger partial charge in [-0.2, -0.15) is 8.42 Å². The molecule has 0 aromatic rings. The number of rotatable bonds is 1. The Hall–Kier alpha value is -0.170. The molecule has 1 aliphatic rings. The minimum atomic E-state index is -3.64. The van der Waals surface area contributed by atoms with Gasteiger partial charge >= 0.3 is 0 Å². The van der Waals surface area contributed by atoms with Crippen LogP contribution in [0.4, 0.5) is 0 Å². The summed E-state index contributed by atoms with van der Waals surface area (Å²) in [5.41, 5.74) is 0. The maximum Gasteiger partial charge on any atom is 0.299 e. The second-order valence-electron chi connectivity index (χ2n) is 2.47. The van der Waals surface area contributed by atoms with Gasteiger partial charge in [-0.15, -0.1) is 0 Å². The van der Waals surface area contributed by atoms with Crippen molar-refractivity contribution in [3.05, 3.63) is 0 Å². The van der Waals surface area contributed by atoms with Gasteiger partial charge in [-0.25, -0.2) is 5.14 Å². The molecule has 1 aliphatic heterocycles. The quantitative estimate of drug-likeness (QED) is 0.597. The third-order valence-corrected chi connectivity index (χ3v) is 2.36. The molecule has 0 aromatic heterocycles. The lowest BCUT2D eigenvalue weighted by atomic mass is 10.2. The summed E-state index contributed by atoms with van der Waals surface area (Å²) in [6, 6.07) is 0. The van der Waals surface area contributed by atoms with Crippen LogP contribution in [-0.2, 0) is 15.0 Å². The molecule has 0 amide bonds. The zero-order valence-electron chi connectivity index (χ0n) is 6.19. The van der Waals surface area contributed by atoms with E-state index in [4.69, 9.17) is 9.98 Å². The molecule has 1 rings (SSSR count). The molecule has 5 nitrogen and oxygen atoms in total. The normalized spacial score (nSPS) is 23.0. The second kappa shape index (κ2) is 3.48. The molecule has 0 aliphatic carbocycles. The predicted octanol–water partition coefficient (Wildman–Crippen LogP) is -0.393. The maximum atomic E-state index is 10.7. The third-order valence-electron chi connectivity index (χ3n) is 1.50. The monoisotopic (exact) mass is 180 g/mol. The van der Waals surface area contributed by atoms with E-state index in [9.17, 15) is 8.42 Å². The van der Waals surface area contributed by atoms with Crippen LogP contribution in [0.1, 0.15) is 19.3 Å². The van der Waals surface area contributed by atoms with E-state index in [-0.39, 0.29) is 0 Å². The van der Waals surface area contributed by atoms with Gasteiger partial charge < -0.3 is 0 Å². The third kappa shape index (κ3) is 2.74. The summed E-state index contributed by atoms with van der Waals surface area (Å²) in [5.74, 6) is 0. The Morgan fingerprint density at radius 1 is 1.27 bits per heavy atom. The van der Waals surface area contributed by atoms with Crippen LogP contribution in [0.3, 0.4) is 0 Å². The first-order valence-electron chi connectivity index (χ1n) is 3.54. The van der Waals surface area contributed by atoms with E-state index in [1.54, 1.807) is 0 Å². The summed E-state index contributed by atoms with van der Waals surface area (Å²) >= 11 is 0. The highest BCUT2D eigenvalue weighted by Crippen LogP contribution is 2.08. The SMILES string of the molecule is NS(=O)(=O)N1CCCCCO1. The Kier molecular flexibility index (Phi) is 2.83. The van der Waals surface area contributed by atoms with Gasteiger partial charge in [0.05, 0.1) is 6.61 Å². The minimum absolute atomic E-state index is 0.374. The largest absolute Gasteiger partial charge is 0.299 e. The van der Waals surface area contributed by atoms with Gasteiger partial charge in [0.15, 0.2) is 0 Å². The van der Waals surface area contributed by atoms with Gasteiger partial charge in [0.2, 0.25) is 0 Å². The molecule has 0 radical (unpaired) electrons. The number of hydrogen-bond acceptors (Lipinski definition) is 3. The van der Waals surface area contributed by atoms with Gasteiger partial charge in [0.25, 0.3) is 10.2 Å². The Labute approximate surface area is 66.3 Å². The number of nitrogens with zero attached hydrogens (tertiary/aromatic N) is 1. The van der Waals surface area contributed by atoms with Gasteiger partial charge in [-0.3, -0.25) is 4.84 Å². The van der Waals surface area contributed by atoms with Gasteiger partial charge in [0, 0.05) is 6.54 Å². The van der Waals surface area contributed by atoms with Crippen molar-refractivity contribution in [1.82, 2.24) is 4.47 Å². The molecule has 0 atom stereocenters. The summed E-state index contributed by atoms with van der Waals surface area (Å²) in [4.78, 5) is 4.89. The van der Waals surface area contributed by atoms with Crippen LogP contribution in [0, 0.1) is 0 Å². The molecular weight excluding hydrogens is 168 g/mol. The molecule has 66 valence electrons. The van der Waals surface area contributed by atoms with E-state index < -0.39 is 10.2 Å². The van der Waals surface area contributed by atoms with Crippen molar-refractivity contribution in [3.8, 4) is 0 Å². The standard InChI is InChI=1S/C5H12N2O3S/c6-11(8,9)7-4-2-1-3-5-10-7/h1-5H2,(H2,6,8,9). The van der Waals surface area contributed by atoms with Crippen LogP contribution in [0.15, 0.2) is 0 Å².